The van der Waals surface area contributed by atoms with Crippen LogP contribution in [-0.4, -0.2) is 25.5 Å². The molecule has 0 amide bonds. The van der Waals surface area contributed by atoms with Gasteiger partial charge in [0, 0.05) is 18.3 Å². The van der Waals surface area contributed by atoms with Crippen molar-refractivity contribution in [3.8, 4) is 0 Å². The summed E-state index contributed by atoms with van der Waals surface area (Å²) in [4.78, 5) is 4.34. The van der Waals surface area contributed by atoms with Crippen LogP contribution in [0, 0.1) is 0 Å². The van der Waals surface area contributed by atoms with E-state index in [4.69, 9.17) is 0 Å². The Morgan fingerprint density at radius 2 is 1.90 bits per heavy atom. The fourth-order valence-corrected chi connectivity index (χ4v) is 3.44. The van der Waals surface area contributed by atoms with Crippen LogP contribution in [0.15, 0.2) is 23.2 Å². The number of nitrogens with one attached hydrogen (secondary N) is 2. The van der Waals surface area contributed by atoms with E-state index < -0.39 is 15.6 Å². The molecule has 6 heteroatoms. The number of pyridine rings is 1. The summed E-state index contributed by atoms with van der Waals surface area (Å²) in [6, 6.07) is 3.22. The van der Waals surface area contributed by atoms with Crippen molar-refractivity contribution < 1.29 is 8.42 Å². The van der Waals surface area contributed by atoms with Gasteiger partial charge in [0.1, 0.15) is 10.7 Å². The van der Waals surface area contributed by atoms with Crippen LogP contribution >= 0.6 is 0 Å². The second kappa shape index (κ2) is 7.04. The molecule has 0 saturated heterocycles. The number of nitrogens with zero attached hydrogens (tertiary/aromatic N) is 1. The molecule has 0 aromatic carbocycles. The maximum atomic E-state index is 12.6. The smallest absolute Gasteiger partial charge is 0.244 e. The van der Waals surface area contributed by atoms with E-state index in [9.17, 15) is 8.42 Å². The van der Waals surface area contributed by atoms with Gasteiger partial charge in [-0.05, 0) is 38.3 Å². The Hall–Kier alpha value is -1.14. The third-order valence-electron chi connectivity index (χ3n) is 3.54. The van der Waals surface area contributed by atoms with E-state index >= 15 is 0 Å². The van der Waals surface area contributed by atoms with Crippen molar-refractivity contribution in [3.63, 3.8) is 0 Å². The summed E-state index contributed by atoms with van der Waals surface area (Å²) in [5, 5.41) is 3.06. The Morgan fingerprint density at radius 1 is 1.25 bits per heavy atom. The van der Waals surface area contributed by atoms with Gasteiger partial charge in [0.05, 0.1) is 0 Å². The Labute approximate surface area is 122 Å². The second-order valence-electron chi connectivity index (χ2n) is 5.15. The van der Waals surface area contributed by atoms with Crippen LogP contribution in [0.25, 0.3) is 0 Å². The third-order valence-corrected chi connectivity index (χ3v) is 5.21. The first-order chi connectivity index (χ1) is 9.38. The van der Waals surface area contributed by atoms with Gasteiger partial charge < -0.3 is 5.32 Å². The molecule has 1 aromatic rings. The van der Waals surface area contributed by atoms with Crippen molar-refractivity contribution in [1.82, 2.24) is 9.71 Å². The van der Waals surface area contributed by atoms with Crippen molar-refractivity contribution >= 4 is 15.8 Å². The van der Waals surface area contributed by atoms with Crippen molar-refractivity contribution in [2.75, 3.05) is 11.9 Å². The third kappa shape index (κ3) is 4.18. The molecule has 20 heavy (non-hydrogen) atoms. The number of sulfonamides is 1. The quantitative estimate of drug-likeness (QED) is 0.774. The maximum absolute atomic E-state index is 12.6. The number of hydrogen-bond acceptors (Lipinski definition) is 4. The van der Waals surface area contributed by atoms with Gasteiger partial charge in [-0.2, -0.15) is 0 Å². The van der Waals surface area contributed by atoms with Crippen LogP contribution < -0.4 is 10.0 Å². The predicted molar refractivity (Wildman–Crippen MR) is 82.3 cm³/mol. The highest BCUT2D eigenvalue weighted by molar-refractivity contribution is 7.89. The normalized spacial score (nSPS) is 12.4. The van der Waals surface area contributed by atoms with Gasteiger partial charge >= 0.3 is 0 Å². The fraction of sp³-hybridized carbons (Fsp3) is 0.643. The molecule has 1 aromatic heterocycles. The van der Waals surface area contributed by atoms with E-state index in [-0.39, 0.29) is 4.90 Å². The molecule has 0 atom stereocenters. The lowest BCUT2D eigenvalue weighted by Gasteiger charge is -2.28. The average molecular weight is 299 g/mol. The van der Waals surface area contributed by atoms with E-state index in [0.717, 1.165) is 19.3 Å². The summed E-state index contributed by atoms with van der Waals surface area (Å²) < 4.78 is 27.9. The summed E-state index contributed by atoms with van der Waals surface area (Å²) in [7, 11) is -3.58. The van der Waals surface area contributed by atoms with E-state index in [1.54, 1.807) is 18.3 Å². The van der Waals surface area contributed by atoms with Crippen molar-refractivity contribution in [1.29, 1.82) is 0 Å². The Balaban J connectivity index is 3.09. The van der Waals surface area contributed by atoms with Gasteiger partial charge in [0.25, 0.3) is 0 Å². The molecule has 1 rings (SSSR count). The highest BCUT2D eigenvalue weighted by Crippen LogP contribution is 2.22. The molecular weight excluding hydrogens is 274 g/mol. The molecule has 0 spiro atoms. The first kappa shape index (κ1) is 16.9. The molecule has 0 unspecified atom stereocenters. The molecule has 5 nitrogen and oxygen atoms in total. The topological polar surface area (TPSA) is 71.1 Å². The lowest BCUT2D eigenvalue weighted by atomic mass is 9.98. The number of anilines is 1. The molecule has 0 aliphatic rings. The summed E-state index contributed by atoms with van der Waals surface area (Å²) in [5.41, 5.74) is -0.434. The van der Waals surface area contributed by atoms with Gasteiger partial charge in [-0.15, -0.1) is 0 Å². The summed E-state index contributed by atoms with van der Waals surface area (Å²) in [6.45, 7) is 8.59. The van der Waals surface area contributed by atoms with Crippen molar-refractivity contribution in [2.45, 2.75) is 57.4 Å². The van der Waals surface area contributed by atoms with Crippen molar-refractivity contribution in [2.24, 2.45) is 0 Å². The standard InChI is InChI=1S/C14H25N3O2S/c1-5-10-15-13-12(9-8-11-16-13)20(18,19)17-14(4,6-2)7-3/h8-9,11,17H,5-7,10H2,1-4H3,(H,15,16). The van der Waals surface area contributed by atoms with Crippen LogP contribution in [0.4, 0.5) is 5.82 Å². The molecule has 0 saturated carbocycles. The number of rotatable bonds is 8. The Bertz CT molecular complexity index is 525. The molecule has 0 fully saturated rings. The van der Waals surface area contributed by atoms with E-state index in [0.29, 0.717) is 12.4 Å². The van der Waals surface area contributed by atoms with Crippen LogP contribution in [0.5, 0.6) is 0 Å². The molecule has 1 heterocycles. The van der Waals surface area contributed by atoms with Gasteiger partial charge in [-0.3, -0.25) is 0 Å². The predicted octanol–water partition coefficient (Wildman–Crippen LogP) is 2.76. The monoisotopic (exact) mass is 299 g/mol. The molecule has 2 N–H and O–H groups in total. The van der Waals surface area contributed by atoms with Crippen LogP contribution in [0.2, 0.25) is 0 Å². The fourth-order valence-electron chi connectivity index (χ4n) is 1.76. The first-order valence-electron chi connectivity index (χ1n) is 7.11. The highest BCUT2D eigenvalue weighted by atomic mass is 32.2. The molecule has 0 aliphatic carbocycles. The van der Waals surface area contributed by atoms with Gasteiger partial charge in [-0.25, -0.2) is 18.1 Å². The minimum absolute atomic E-state index is 0.210. The van der Waals surface area contributed by atoms with Gasteiger partial charge in [-0.1, -0.05) is 20.8 Å². The average Bonchev–Trinajstić information content (AvgIpc) is 2.44. The number of aromatic nitrogens is 1. The van der Waals surface area contributed by atoms with Crippen molar-refractivity contribution in [3.05, 3.63) is 18.3 Å². The van der Waals surface area contributed by atoms with E-state index in [1.165, 1.54) is 0 Å². The Morgan fingerprint density at radius 3 is 2.45 bits per heavy atom. The zero-order chi connectivity index (χ0) is 15.2. The molecule has 114 valence electrons. The first-order valence-corrected chi connectivity index (χ1v) is 8.59. The highest BCUT2D eigenvalue weighted by Gasteiger charge is 2.29. The van der Waals surface area contributed by atoms with Crippen LogP contribution in [-0.2, 0) is 10.0 Å². The lowest BCUT2D eigenvalue weighted by Crippen LogP contribution is -2.45. The summed E-state index contributed by atoms with van der Waals surface area (Å²) in [6.07, 6.45) is 3.97. The SMILES string of the molecule is CCCNc1ncccc1S(=O)(=O)NC(C)(CC)CC. The molecule has 0 radical (unpaired) electrons. The van der Waals surface area contributed by atoms with Gasteiger partial charge in [0.15, 0.2) is 0 Å². The zero-order valence-electron chi connectivity index (χ0n) is 12.7. The zero-order valence-corrected chi connectivity index (χ0v) is 13.5. The maximum Gasteiger partial charge on any atom is 0.244 e. The molecular formula is C14H25N3O2S. The van der Waals surface area contributed by atoms with Crippen LogP contribution in [0.1, 0.15) is 47.0 Å². The minimum Gasteiger partial charge on any atom is -0.369 e. The largest absolute Gasteiger partial charge is 0.369 e. The molecule has 0 bridgehead atoms. The number of hydrogen-bond donors (Lipinski definition) is 2. The Kier molecular flexibility index (Phi) is 5.95. The van der Waals surface area contributed by atoms with E-state index in [2.05, 4.69) is 15.0 Å². The lowest BCUT2D eigenvalue weighted by molar-refractivity contribution is 0.389. The van der Waals surface area contributed by atoms with E-state index in [1.807, 2.05) is 27.7 Å². The summed E-state index contributed by atoms with van der Waals surface area (Å²) in [5.74, 6) is 0.413. The second-order valence-corrected chi connectivity index (χ2v) is 6.80. The minimum atomic E-state index is -3.58. The van der Waals surface area contributed by atoms with Gasteiger partial charge in [0.2, 0.25) is 10.0 Å². The molecule has 0 aliphatic heterocycles. The van der Waals surface area contributed by atoms with Crippen LogP contribution in [0.3, 0.4) is 0 Å². The summed E-state index contributed by atoms with van der Waals surface area (Å²) >= 11 is 0.